The molecule has 7 heteroatoms. The van der Waals surface area contributed by atoms with Crippen LogP contribution in [0.1, 0.15) is 17.8 Å². The van der Waals surface area contributed by atoms with Crippen LogP contribution in [-0.4, -0.2) is 53.6 Å². The minimum absolute atomic E-state index is 0.127. The normalized spacial score (nSPS) is 18.0. The van der Waals surface area contributed by atoms with Gasteiger partial charge in [0.05, 0.1) is 44.4 Å². The Hall–Kier alpha value is -1.89. The first-order valence-corrected chi connectivity index (χ1v) is 6.04. The zero-order valence-electron chi connectivity index (χ0n) is 11.0. The molecule has 1 N–H and O–H groups in total. The lowest BCUT2D eigenvalue weighted by atomic mass is 10.0. The van der Waals surface area contributed by atoms with Crippen molar-refractivity contribution in [3.05, 3.63) is 17.7 Å². The van der Waals surface area contributed by atoms with Gasteiger partial charge in [-0.1, -0.05) is 0 Å². The van der Waals surface area contributed by atoms with Gasteiger partial charge in [-0.05, 0) is 0 Å². The van der Waals surface area contributed by atoms with Crippen LogP contribution in [0.4, 0.5) is 0 Å². The van der Waals surface area contributed by atoms with Gasteiger partial charge in [0.25, 0.3) is 0 Å². The summed E-state index contributed by atoms with van der Waals surface area (Å²) in [7, 11) is 2.86. The summed E-state index contributed by atoms with van der Waals surface area (Å²) in [5, 5.41) is 0. The number of nitrogens with zero attached hydrogens (tertiary/aromatic N) is 2. The first-order chi connectivity index (χ1) is 9.17. The fourth-order valence-electron chi connectivity index (χ4n) is 2.18. The number of imidazole rings is 1. The number of methoxy groups -OCH3 is 2. The van der Waals surface area contributed by atoms with Crippen LogP contribution in [0.3, 0.4) is 0 Å². The number of nitrogens with one attached hydrogen (secondary N) is 1. The molecule has 0 aliphatic carbocycles. The maximum atomic E-state index is 12.1. The van der Waals surface area contributed by atoms with E-state index in [1.807, 2.05) is 0 Å². The number of aromatic nitrogens is 2. The lowest BCUT2D eigenvalue weighted by Crippen LogP contribution is -2.49. The molecule has 1 aromatic rings. The molecule has 104 valence electrons. The summed E-state index contributed by atoms with van der Waals surface area (Å²) in [6.07, 6.45) is 2.19. The zero-order chi connectivity index (χ0) is 13.8. The van der Waals surface area contributed by atoms with Gasteiger partial charge in [-0.15, -0.1) is 0 Å². The topological polar surface area (TPSA) is 84.5 Å². The monoisotopic (exact) mass is 267 g/mol. The molecule has 2 rings (SSSR count). The van der Waals surface area contributed by atoms with Crippen molar-refractivity contribution in [3.63, 3.8) is 0 Å². The summed E-state index contributed by atoms with van der Waals surface area (Å²) in [6, 6.07) is -0.606. The van der Waals surface area contributed by atoms with Crippen LogP contribution in [0, 0.1) is 0 Å². The molecule has 19 heavy (non-hydrogen) atoms. The minimum atomic E-state index is -0.606. The number of rotatable bonds is 4. The smallest absolute Gasteiger partial charge is 0.329 e. The second-order valence-electron chi connectivity index (χ2n) is 4.34. The number of aromatic amines is 1. The van der Waals surface area contributed by atoms with Gasteiger partial charge in [0.1, 0.15) is 6.04 Å². The summed E-state index contributed by atoms with van der Waals surface area (Å²) in [5.41, 5.74) is 1.68. The molecule has 0 bridgehead atoms. The average Bonchev–Trinajstić information content (AvgIpc) is 2.89. The van der Waals surface area contributed by atoms with Gasteiger partial charge in [-0.2, -0.15) is 0 Å². The Balaban J connectivity index is 2.18. The molecule has 1 amide bonds. The third kappa shape index (κ3) is 2.76. The predicted octanol–water partition coefficient (Wildman–Crippen LogP) is -0.127. The van der Waals surface area contributed by atoms with Crippen molar-refractivity contribution in [2.24, 2.45) is 0 Å². The van der Waals surface area contributed by atoms with E-state index in [1.165, 1.54) is 19.1 Å². The molecule has 0 spiro atoms. The molecule has 7 nitrogen and oxygen atoms in total. The Morgan fingerprint density at radius 2 is 2.32 bits per heavy atom. The van der Waals surface area contributed by atoms with Gasteiger partial charge in [-0.3, -0.25) is 4.79 Å². The Labute approximate surface area is 110 Å². The summed E-state index contributed by atoms with van der Waals surface area (Å²) in [6.45, 7) is 0.677. The molecule has 1 aromatic heterocycles. The quantitative estimate of drug-likeness (QED) is 0.768. The van der Waals surface area contributed by atoms with E-state index in [-0.39, 0.29) is 12.3 Å². The molecule has 0 fully saturated rings. The first-order valence-electron chi connectivity index (χ1n) is 6.04. The van der Waals surface area contributed by atoms with Crippen LogP contribution >= 0.6 is 0 Å². The summed E-state index contributed by atoms with van der Waals surface area (Å²) in [5.74, 6) is -0.545. The van der Waals surface area contributed by atoms with Crippen molar-refractivity contribution >= 4 is 11.9 Å². The lowest BCUT2D eigenvalue weighted by molar-refractivity contribution is -0.154. The third-order valence-electron chi connectivity index (χ3n) is 3.21. The van der Waals surface area contributed by atoms with Gasteiger partial charge in [0.15, 0.2) is 0 Å². The van der Waals surface area contributed by atoms with E-state index in [9.17, 15) is 9.59 Å². The van der Waals surface area contributed by atoms with E-state index in [0.29, 0.717) is 19.6 Å². The average molecular weight is 267 g/mol. The highest BCUT2D eigenvalue weighted by atomic mass is 16.5. The van der Waals surface area contributed by atoms with E-state index < -0.39 is 12.0 Å². The number of hydrogen-bond donors (Lipinski definition) is 1. The standard InChI is InChI=1S/C12H17N3O4/c1-18-4-3-11(16)15-6-9-8(13-7-14-9)5-10(15)12(17)19-2/h7,10H,3-6H2,1-2H3,(H,13,14). The second-order valence-corrected chi connectivity index (χ2v) is 4.34. The molecule has 1 unspecified atom stereocenters. The predicted molar refractivity (Wildman–Crippen MR) is 65.1 cm³/mol. The number of hydrogen-bond acceptors (Lipinski definition) is 5. The van der Waals surface area contributed by atoms with Crippen LogP contribution in [0.2, 0.25) is 0 Å². The molecular formula is C12H17N3O4. The number of fused-ring (bicyclic) bond motifs is 1. The molecular weight excluding hydrogens is 250 g/mol. The molecule has 1 aliphatic rings. The van der Waals surface area contributed by atoms with Crippen LogP contribution in [0.5, 0.6) is 0 Å². The van der Waals surface area contributed by atoms with E-state index in [2.05, 4.69) is 9.97 Å². The van der Waals surface area contributed by atoms with Crippen LogP contribution in [0.25, 0.3) is 0 Å². The van der Waals surface area contributed by atoms with Crippen LogP contribution < -0.4 is 0 Å². The minimum Gasteiger partial charge on any atom is -0.467 e. The Bertz CT molecular complexity index is 471. The fourth-order valence-corrected chi connectivity index (χ4v) is 2.18. The van der Waals surface area contributed by atoms with Gasteiger partial charge < -0.3 is 19.4 Å². The third-order valence-corrected chi connectivity index (χ3v) is 3.21. The van der Waals surface area contributed by atoms with E-state index in [4.69, 9.17) is 9.47 Å². The Morgan fingerprint density at radius 1 is 1.53 bits per heavy atom. The Kier molecular flexibility index (Phi) is 4.16. The summed E-state index contributed by atoms with van der Waals surface area (Å²) < 4.78 is 9.66. The number of carbonyl (C=O) groups excluding carboxylic acids is 2. The molecule has 0 aromatic carbocycles. The summed E-state index contributed by atoms with van der Waals surface area (Å²) >= 11 is 0. The van der Waals surface area contributed by atoms with E-state index >= 15 is 0 Å². The van der Waals surface area contributed by atoms with Crippen LogP contribution in [0.15, 0.2) is 6.33 Å². The van der Waals surface area contributed by atoms with Gasteiger partial charge in [0.2, 0.25) is 5.91 Å². The van der Waals surface area contributed by atoms with Gasteiger partial charge in [-0.25, -0.2) is 9.78 Å². The number of H-pyrrole nitrogens is 1. The van der Waals surface area contributed by atoms with Gasteiger partial charge >= 0.3 is 5.97 Å². The highest BCUT2D eigenvalue weighted by molar-refractivity contribution is 5.85. The first kappa shape index (κ1) is 13.5. The SMILES string of the molecule is COCCC(=O)N1Cc2[nH]cnc2CC1C(=O)OC. The molecule has 2 heterocycles. The number of esters is 1. The van der Waals surface area contributed by atoms with Crippen molar-refractivity contribution in [2.75, 3.05) is 20.8 Å². The number of amides is 1. The molecule has 1 aliphatic heterocycles. The van der Waals surface area contributed by atoms with Gasteiger partial charge in [0, 0.05) is 13.5 Å². The van der Waals surface area contributed by atoms with Crippen molar-refractivity contribution < 1.29 is 19.1 Å². The van der Waals surface area contributed by atoms with Crippen LogP contribution in [-0.2, 0) is 32.0 Å². The highest BCUT2D eigenvalue weighted by Gasteiger charge is 2.36. The van der Waals surface area contributed by atoms with Crippen molar-refractivity contribution in [1.29, 1.82) is 0 Å². The summed E-state index contributed by atoms with van der Waals surface area (Å²) in [4.78, 5) is 32.6. The lowest BCUT2D eigenvalue weighted by Gasteiger charge is -2.33. The Morgan fingerprint density at radius 3 is 3.00 bits per heavy atom. The van der Waals surface area contributed by atoms with Crippen molar-refractivity contribution in [2.45, 2.75) is 25.4 Å². The molecule has 0 saturated heterocycles. The van der Waals surface area contributed by atoms with E-state index in [1.54, 1.807) is 6.33 Å². The molecule has 0 saturated carbocycles. The maximum absolute atomic E-state index is 12.1. The number of carbonyl (C=O) groups is 2. The zero-order valence-corrected chi connectivity index (χ0v) is 11.0. The maximum Gasteiger partial charge on any atom is 0.329 e. The molecule has 0 radical (unpaired) electrons. The fraction of sp³-hybridized carbons (Fsp3) is 0.583. The largest absolute Gasteiger partial charge is 0.467 e. The number of ether oxygens (including phenoxy) is 2. The highest BCUT2D eigenvalue weighted by Crippen LogP contribution is 2.22. The van der Waals surface area contributed by atoms with Crippen molar-refractivity contribution in [1.82, 2.24) is 14.9 Å². The molecule has 1 atom stereocenters. The van der Waals surface area contributed by atoms with E-state index in [0.717, 1.165) is 11.4 Å². The van der Waals surface area contributed by atoms with Crippen molar-refractivity contribution in [3.8, 4) is 0 Å². The second kappa shape index (κ2) is 5.83.